The molecule has 0 radical (unpaired) electrons. The number of carboxylic acids is 3. The van der Waals surface area contributed by atoms with Crippen molar-refractivity contribution in [2.24, 2.45) is 0 Å². The van der Waals surface area contributed by atoms with E-state index in [0.717, 1.165) is 16.7 Å². The molecule has 0 aliphatic carbocycles. The highest BCUT2D eigenvalue weighted by molar-refractivity contribution is 5.84. The van der Waals surface area contributed by atoms with Crippen LogP contribution in [-0.2, 0) is 33.6 Å². The molecule has 3 aromatic rings. The summed E-state index contributed by atoms with van der Waals surface area (Å²) in [5.41, 5.74) is 7.43. The van der Waals surface area contributed by atoms with Gasteiger partial charge in [0.05, 0.1) is 22.8 Å². The maximum Gasteiger partial charge on any atom is 0.303 e. The molecule has 5 heterocycles. The van der Waals surface area contributed by atoms with Gasteiger partial charge in [0.2, 0.25) is 0 Å². The van der Waals surface area contributed by atoms with Gasteiger partial charge in [0.15, 0.2) is 0 Å². The minimum absolute atomic E-state index is 0.138. The number of aryl methyl sites for hydroxylation is 3. The molecule has 198 valence electrons. The second-order valence-corrected chi connectivity index (χ2v) is 9.38. The lowest BCUT2D eigenvalue weighted by Crippen LogP contribution is -2.04. The van der Waals surface area contributed by atoms with Crippen LogP contribution in [0.3, 0.4) is 0 Å². The molecule has 0 atom stereocenters. The number of nitrogens with zero attached hydrogens (tertiary/aromatic N) is 2. The summed E-state index contributed by atoms with van der Waals surface area (Å²) in [5.74, 6) is -2.95. The summed E-state index contributed by atoms with van der Waals surface area (Å²) >= 11 is 0. The summed E-state index contributed by atoms with van der Waals surface area (Å²) < 4.78 is 0. The van der Waals surface area contributed by atoms with Crippen LogP contribution in [0.15, 0.2) is 30.3 Å². The van der Waals surface area contributed by atoms with Gasteiger partial charge in [-0.15, -0.1) is 0 Å². The fraction of sp³-hybridized carbons (Fsp3) is 0.207. The van der Waals surface area contributed by atoms with Crippen molar-refractivity contribution < 1.29 is 29.7 Å². The van der Waals surface area contributed by atoms with Crippen molar-refractivity contribution in [2.45, 2.75) is 38.5 Å². The number of fused-ring (bicyclic) bond motifs is 8. The van der Waals surface area contributed by atoms with Crippen molar-refractivity contribution >= 4 is 64.3 Å². The van der Waals surface area contributed by atoms with E-state index in [4.69, 9.17) is 4.98 Å². The number of carbonyl (C=O) groups is 3. The molecule has 10 heteroatoms. The summed E-state index contributed by atoms with van der Waals surface area (Å²) in [6.07, 6.45) is 7.32. The number of carboxylic acid groups (broad SMARTS) is 3. The van der Waals surface area contributed by atoms with Crippen molar-refractivity contribution in [1.82, 2.24) is 19.9 Å². The Balaban J connectivity index is 1.88. The van der Waals surface area contributed by atoms with Gasteiger partial charge >= 0.3 is 17.9 Å². The number of hydrogen-bond donors (Lipinski definition) is 5. The zero-order valence-corrected chi connectivity index (χ0v) is 20.9. The van der Waals surface area contributed by atoms with Gasteiger partial charge in [-0.1, -0.05) is 0 Å². The number of rotatable bonds is 9. The molecule has 0 saturated heterocycles. The molecular formula is C29H26N4O6. The molecule has 0 fully saturated rings. The smallest absolute Gasteiger partial charge is 0.303 e. The Morgan fingerprint density at radius 3 is 1.74 bits per heavy atom. The van der Waals surface area contributed by atoms with Gasteiger partial charge in [0.1, 0.15) is 0 Å². The zero-order valence-electron chi connectivity index (χ0n) is 20.9. The quantitative estimate of drug-likeness (QED) is 0.184. The van der Waals surface area contributed by atoms with Crippen LogP contribution in [0.5, 0.6) is 0 Å². The van der Waals surface area contributed by atoms with E-state index in [2.05, 4.69) is 15.0 Å². The van der Waals surface area contributed by atoms with Crippen molar-refractivity contribution in [3.8, 4) is 0 Å². The Morgan fingerprint density at radius 1 is 0.615 bits per heavy atom. The minimum atomic E-state index is -0.992. The first-order chi connectivity index (χ1) is 18.7. The molecule has 2 aliphatic heterocycles. The molecule has 0 saturated carbocycles. The maximum atomic E-state index is 11.6. The second-order valence-electron chi connectivity index (χ2n) is 9.38. The molecule has 0 spiro atoms. The Bertz CT molecular complexity index is 1710. The highest BCUT2D eigenvalue weighted by Crippen LogP contribution is 2.30. The van der Waals surface area contributed by atoms with Crippen molar-refractivity contribution in [3.63, 3.8) is 0 Å². The number of aliphatic carboxylic acids is 3. The lowest BCUT2D eigenvalue weighted by molar-refractivity contribution is -0.138. The number of hydrogen-bond acceptors (Lipinski definition) is 5. The van der Waals surface area contributed by atoms with E-state index >= 15 is 0 Å². The molecular weight excluding hydrogens is 500 g/mol. The third-order valence-corrected chi connectivity index (χ3v) is 6.60. The highest BCUT2D eigenvalue weighted by Gasteiger charge is 2.19. The van der Waals surface area contributed by atoms with Crippen LogP contribution in [0.4, 0.5) is 0 Å². The van der Waals surface area contributed by atoms with Crippen LogP contribution in [-0.4, -0.2) is 53.2 Å². The number of H-pyrrole nitrogens is 2. The molecule has 0 amide bonds. The third kappa shape index (κ3) is 5.96. The van der Waals surface area contributed by atoms with Crippen LogP contribution in [0.25, 0.3) is 46.4 Å². The van der Waals surface area contributed by atoms with Gasteiger partial charge in [-0.25, -0.2) is 9.97 Å². The molecule has 0 aromatic carbocycles. The highest BCUT2D eigenvalue weighted by atomic mass is 16.4. The molecule has 8 bridgehead atoms. The first-order valence-electron chi connectivity index (χ1n) is 12.5. The second kappa shape index (κ2) is 10.8. The summed E-state index contributed by atoms with van der Waals surface area (Å²) in [4.78, 5) is 50.7. The standard InChI is InChI=1S/C29H26N4O6/c34-26(35)10-6-21-22(7-11-27(36)37)29-23(8-12-28(38)39)24-9-5-19(32-24)14-18-2-1-16(30-18)13-17-3-4-20(31-17)15-25(21)33-29/h1-5,9,13-15,30,33H,6-8,10-12H2,(H,34,35)(H,36,37)(H,38,39). The van der Waals surface area contributed by atoms with Gasteiger partial charge in [-0.2, -0.15) is 0 Å². The van der Waals surface area contributed by atoms with Crippen LogP contribution in [0.1, 0.15) is 58.7 Å². The van der Waals surface area contributed by atoms with Gasteiger partial charge in [-0.3, -0.25) is 14.4 Å². The normalized spacial score (nSPS) is 12.1. The van der Waals surface area contributed by atoms with Crippen molar-refractivity contribution in [3.05, 3.63) is 69.8 Å². The van der Waals surface area contributed by atoms with E-state index in [1.807, 2.05) is 48.6 Å². The van der Waals surface area contributed by atoms with E-state index in [1.54, 1.807) is 6.07 Å². The van der Waals surface area contributed by atoms with Gasteiger partial charge in [0, 0.05) is 46.9 Å². The lowest BCUT2D eigenvalue weighted by atomic mass is 9.97. The van der Waals surface area contributed by atoms with Crippen LogP contribution in [0.2, 0.25) is 0 Å². The number of aromatic amines is 2. The number of aromatic nitrogens is 4. The molecule has 5 N–H and O–H groups in total. The molecule has 39 heavy (non-hydrogen) atoms. The van der Waals surface area contributed by atoms with E-state index in [9.17, 15) is 29.7 Å². The van der Waals surface area contributed by atoms with E-state index < -0.39 is 17.9 Å². The summed E-state index contributed by atoms with van der Waals surface area (Å²) in [6, 6.07) is 9.46. The first kappa shape index (κ1) is 25.7. The van der Waals surface area contributed by atoms with Gasteiger partial charge < -0.3 is 25.3 Å². The van der Waals surface area contributed by atoms with Crippen molar-refractivity contribution in [1.29, 1.82) is 0 Å². The largest absolute Gasteiger partial charge is 0.481 e. The molecule has 10 nitrogen and oxygen atoms in total. The fourth-order valence-electron chi connectivity index (χ4n) is 4.86. The van der Waals surface area contributed by atoms with Gasteiger partial charge in [0.25, 0.3) is 0 Å². The number of nitrogens with one attached hydrogen (secondary N) is 2. The topological polar surface area (TPSA) is 169 Å². The molecule has 5 rings (SSSR count). The Kier molecular flexibility index (Phi) is 7.09. The average molecular weight is 527 g/mol. The van der Waals surface area contributed by atoms with Crippen molar-refractivity contribution in [2.75, 3.05) is 0 Å². The van der Waals surface area contributed by atoms with E-state index in [0.29, 0.717) is 44.8 Å². The van der Waals surface area contributed by atoms with Gasteiger partial charge in [-0.05, 0) is 85.0 Å². The average Bonchev–Trinajstić information content (AvgIpc) is 3.66. The third-order valence-electron chi connectivity index (χ3n) is 6.60. The monoisotopic (exact) mass is 526 g/mol. The van der Waals surface area contributed by atoms with Crippen LogP contribution < -0.4 is 0 Å². The van der Waals surface area contributed by atoms with Crippen LogP contribution >= 0.6 is 0 Å². The van der Waals surface area contributed by atoms with E-state index in [1.165, 1.54) is 0 Å². The summed E-state index contributed by atoms with van der Waals surface area (Å²) in [6.45, 7) is 0. The lowest BCUT2D eigenvalue weighted by Gasteiger charge is -2.07. The minimum Gasteiger partial charge on any atom is -0.481 e. The maximum absolute atomic E-state index is 11.6. The summed E-state index contributed by atoms with van der Waals surface area (Å²) in [7, 11) is 0. The predicted molar refractivity (Wildman–Crippen MR) is 147 cm³/mol. The predicted octanol–water partition coefficient (Wildman–Crippen LogP) is 4.71. The fourth-order valence-corrected chi connectivity index (χ4v) is 4.86. The molecule has 0 unspecified atom stereocenters. The summed E-state index contributed by atoms with van der Waals surface area (Å²) in [5, 5.41) is 28.4. The zero-order chi connectivity index (χ0) is 27.5. The Labute approximate surface area is 222 Å². The van der Waals surface area contributed by atoms with Crippen LogP contribution in [0, 0.1) is 0 Å². The molecule has 2 aliphatic rings. The Morgan fingerprint density at radius 2 is 1.13 bits per heavy atom. The SMILES string of the molecule is O=C(O)CCc1c(CCC(=O)O)c2[nH]c1cc1nc(cc3ccc(cc4nc(c2CCC(=O)O)C=C4)[nH]3)C=C1. The van der Waals surface area contributed by atoms with E-state index in [-0.39, 0.29) is 38.5 Å². The first-order valence-corrected chi connectivity index (χ1v) is 12.5. The Hall–Kier alpha value is -4.99. The molecule has 3 aromatic heterocycles.